The standard InChI is InChI=1S/C20H28N6O2S/c1-12(2)11-21-18(25-19-22-13(3)9-14(4)23-19)26-20(29)24-16-8-7-15(27-5)10-17(16)28-6/h7-10,12H,11H2,1-6H3,(H3,21,22,23,24,25,26,29). The molecule has 2 rings (SSSR count). The highest BCUT2D eigenvalue weighted by molar-refractivity contribution is 7.80. The number of nitrogens with one attached hydrogen (secondary N) is 3. The van der Waals surface area contributed by atoms with Crippen molar-refractivity contribution in [1.29, 1.82) is 0 Å². The molecule has 156 valence electrons. The van der Waals surface area contributed by atoms with Crippen molar-refractivity contribution in [2.24, 2.45) is 10.9 Å². The minimum absolute atomic E-state index is 0.354. The van der Waals surface area contributed by atoms with Crippen LogP contribution in [0.2, 0.25) is 0 Å². The second-order valence-electron chi connectivity index (χ2n) is 6.83. The van der Waals surface area contributed by atoms with E-state index in [1.54, 1.807) is 20.3 Å². The number of hydrogen-bond acceptors (Lipinski definition) is 6. The number of rotatable bonds is 6. The maximum atomic E-state index is 5.46. The lowest BCUT2D eigenvalue weighted by molar-refractivity contribution is 0.395. The molecule has 0 atom stereocenters. The van der Waals surface area contributed by atoms with Crippen molar-refractivity contribution in [3.8, 4) is 11.5 Å². The lowest BCUT2D eigenvalue weighted by Gasteiger charge is -2.16. The Hall–Kier alpha value is -2.94. The van der Waals surface area contributed by atoms with Crippen LogP contribution in [-0.2, 0) is 0 Å². The highest BCUT2D eigenvalue weighted by Gasteiger charge is 2.10. The van der Waals surface area contributed by atoms with Crippen LogP contribution in [0.4, 0.5) is 11.6 Å². The second kappa shape index (κ2) is 10.6. The molecule has 0 aliphatic rings. The van der Waals surface area contributed by atoms with Crippen LogP contribution < -0.4 is 25.4 Å². The third kappa shape index (κ3) is 7.19. The third-order valence-electron chi connectivity index (χ3n) is 3.72. The Morgan fingerprint density at radius 2 is 1.76 bits per heavy atom. The van der Waals surface area contributed by atoms with Crippen molar-refractivity contribution >= 4 is 34.9 Å². The molecule has 29 heavy (non-hydrogen) atoms. The Bertz CT molecular complexity index is 865. The molecule has 0 unspecified atom stereocenters. The van der Waals surface area contributed by atoms with Crippen molar-refractivity contribution in [2.75, 3.05) is 31.4 Å². The van der Waals surface area contributed by atoms with Gasteiger partial charge in [-0.05, 0) is 50.2 Å². The van der Waals surface area contributed by atoms with Crippen LogP contribution in [0.25, 0.3) is 0 Å². The van der Waals surface area contributed by atoms with Crippen LogP contribution >= 0.6 is 12.2 Å². The monoisotopic (exact) mass is 416 g/mol. The van der Waals surface area contributed by atoms with Crippen molar-refractivity contribution in [3.05, 3.63) is 35.7 Å². The molecule has 0 saturated heterocycles. The summed E-state index contributed by atoms with van der Waals surface area (Å²) < 4.78 is 10.6. The quantitative estimate of drug-likeness (QED) is 0.374. The number of thiocarbonyl (C=S) groups is 1. The number of guanidine groups is 1. The Kier molecular flexibility index (Phi) is 8.14. The smallest absolute Gasteiger partial charge is 0.229 e. The zero-order valence-corrected chi connectivity index (χ0v) is 18.5. The van der Waals surface area contributed by atoms with Gasteiger partial charge in [0.05, 0.1) is 19.9 Å². The summed E-state index contributed by atoms with van der Waals surface area (Å²) in [6, 6.07) is 7.34. The van der Waals surface area contributed by atoms with Gasteiger partial charge in [0.25, 0.3) is 0 Å². The number of aryl methyl sites for hydroxylation is 2. The zero-order valence-electron chi connectivity index (χ0n) is 17.7. The first-order valence-corrected chi connectivity index (χ1v) is 9.65. The zero-order chi connectivity index (χ0) is 21.4. The number of aliphatic imine (C=N–C) groups is 1. The van der Waals surface area contributed by atoms with E-state index in [9.17, 15) is 0 Å². The molecule has 0 spiro atoms. The predicted octanol–water partition coefficient (Wildman–Crippen LogP) is 3.52. The van der Waals surface area contributed by atoms with Gasteiger partial charge >= 0.3 is 0 Å². The molecule has 8 nitrogen and oxygen atoms in total. The predicted molar refractivity (Wildman–Crippen MR) is 121 cm³/mol. The van der Waals surface area contributed by atoms with E-state index >= 15 is 0 Å². The van der Waals surface area contributed by atoms with Crippen LogP contribution in [0.3, 0.4) is 0 Å². The van der Waals surface area contributed by atoms with Gasteiger partial charge in [-0.25, -0.2) is 9.97 Å². The maximum Gasteiger partial charge on any atom is 0.229 e. The molecule has 0 amide bonds. The molecule has 9 heteroatoms. The molecule has 0 saturated carbocycles. The largest absolute Gasteiger partial charge is 0.497 e. The van der Waals surface area contributed by atoms with Gasteiger partial charge in [0.15, 0.2) is 5.11 Å². The minimum Gasteiger partial charge on any atom is -0.497 e. The van der Waals surface area contributed by atoms with Crippen LogP contribution in [0.15, 0.2) is 29.3 Å². The van der Waals surface area contributed by atoms with Crippen LogP contribution in [0.5, 0.6) is 11.5 Å². The summed E-state index contributed by atoms with van der Waals surface area (Å²) in [4.78, 5) is 13.4. The number of nitrogens with zero attached hydrogens (tertiary/aromatic N) is 3. The average molecular weight is 417 g/mol. The third-order valence-corrected chi connectivity index (χ3v) is 3.92. The van der Waals surface area contributed by atoms with E-state index < -0.39 is 0 Å². The first-order valence-electron chi connectivity index (χ1n) is 9.24. The van der Waals surface area contributed by atoms with Gasteiger partial charge in [0, 0.05) is 24.0 Å². The second-order valence-corrected chi connectivity index (χ2v) is 7.24. The molecular weight excluding hydrogens is 388 g/mol. The van der Waals surface area contributed by atoms with Crippen molar-refractivity contribution in [3.63, 3.8) is 0 Å². The highest BCUT2D eigenvalue weighted by Crippen LogP contribution is 2.28. The number of methoxy groups -OCH3 is 2. The summed E-state index contributed by atoms with van der Waals surface area (Å²) in [5, 5.41) is 9.67. The molecule has 0 bridgehead atoms. The van der Waals surface area contributed by atoms with Gasteiger partial charge in [-0.1, -0.05) is 13.8 Å². The molecule has 0 aliphatic carbocycles. The number of benzene rings is 1. The van der Waals surface area contributed by atoms with E-state index in [-0.39, 0.29) is 0 Å². The van der Waals surface area contributed by atoms with E-state index in [2.05, 4.69) is 44.8 Å². The van der Waals surface area contributed by atoms with E-state index in [1.165, 1.54) is 0 Å². The summed E-state index contributed by atoms with van der Waals surface area (Å²) >= 11 is 5.46. The number of ether oxygens (including phenoxy) is 2. The normalized spacial score (nSPS) is 11.2. The molecule has 0 fully saturated rings. The van der Waals surface area contributed by atoms with E-state index in [1.807, 2.05) is 32.0 Å². The Balaban J connectivity index is 2.16. The van der Waals surface area contributed by atoms with Gasteiger partial charge < -0.3 is 20.1 Å². The van der Waals surface area contributed by atoms with Gasteiger partial charge in [-0.3, -0.25) is 10.3 Å². The number of hydrogen-bond donors (Lipinski definition) is 3. The first-order chi connectivity index (χ1) is 13.8. The van der Waals surface area contributed by atoms with Crippen LogP contribution in [0.1, 0.15) is 25.2 Å². The first kappa shape index (κ1) is 22.4. The highest BCUT2D eigenvalue weighted by atomic mass is 32.1. The molecular formula is C20H28N6O2S. The molecule has 1 aromatic heterocycles. The summed E-state index contributed by atoms with van der Waals surface area (Å²) in [5.41, 5.74) is 2.44. The minimum atomic E-state index is 0.354. The fraction of sp³-hybridized carbons (Fsp3) is 0.400. The fourth-order valence-electron chi connectivity index (χ4n) is 2.43. The summed E-state index contributed by atoms with van der Waals surface area (Å²) in [5.74, 6) is 2.62. The number of anilines is 2. The average Bonchev–Trinajstić information content (AvgIpc) is 2.65. The van der Waals surface area contributed by atoms with Crippen molar-refractivity contribution in [1.82, 2.24) is 15.3 Å². The lowest BCUT2D eigenvalue weighted by Crippen LogP contribution is -2.39. The summed E-state index contributed by atoms with van der Waals surface area (Å²) in [6.07, 6.45) is 0. The summed E-state index contributed by atoms with van der Waals surface area (Å²) in [7, 11) is 3.19. The van der Waals surface area contributed by atoms with E-state index in [0.717, 1.165) is 11.4 Å². The molecule has 3 N–H and O–H groups in total. The SMILES string of the molecule is COc1ccc(NC(=S)NC(=NCC(C)C)Nc2nc(C)cc(C)n2)c(OC)c1. The molecule has 0 radical (unpaired) electrons. The Labute approximate surface area is 177 Å². The molecule has 2 aromatic rings. The van der Waals surface area contributed by atoms with Gasteiger partial charge in [0.2, 0.25) is 11.9 Å². The Morgan fingerprint density at radius 1 is 1.07 bits per heavy atom. The topological polar surface area (TPSA) is 92.7 Å². The van der Waals surface area contributed by atoms with E-state index in [4.69, 9.17) is 21.7 Å². The van der Waals surface area contributed by atoms with E-state index in [0.29, 0.717) is 46.7 Å². The number of aromatic nitrogens is 2. The molecule has 1 aromatic carbocycles. The van der Waals surface area contributed by atoms with Crippen molar-refractivity contribution < 1.29 is 9.47 Å². The van der Waals surface area contributed by atoms with Gasteiger partial charge in [0.1, 0.15) is 11.5 Å². The molecule has 1 heterocycles. The fourth-order valence-corrected chi connectivity index (χ4v) is 2.64. The molecule has 0 aliphatic heterocycles. The van der Waals surface area contributed by atoms with Crippen LogP contribution in [0, 0.1) is 19.8 Å². The van der Waals surface area contributed by atoms with Gasteiger partial charge in [-0.2, -0.15) is 0 Å². The van der Waals surface area contributed by atoms with Gasteiger partial charge in [-0.15, -0.1) is 0 Å². The van der Waals surface area contributed by atoms with Crippen LogP contribution in [-0.4, -0.2) is 41.8 Å². The Morgan fingerprint density at radius 3 is 2.34 bits per heavy atom. The van der Waals surface area contributed by atoms with Crippen molar-refractivity contribution in [2.45, 2.75) is 27.7 Å². The maximum absolute atomic E-state index is 5.46. The summed E-state index contributed by atoms with van der Waals surface area (Å²) in [6.45, 7) is 8.63. The lowest BCUT2D eigenvalue weighted by atomic mass is 10.2.